The predicted molar refractivity (Wildman–Crippen MR) is 98.2 cm³/mol. The van der Waals surface area contributed by atoms with Crippen LogP contribution in [0.15, 0.2) is 40.9 Å². The van der Waals surface area contributed by atoms with E-state index in [9.17, 15) is 10.1 Å². The monoisotopic (exact) mass is 376 g/mol. The van der Waals surface area contributed by atoms with E-state index in [1.165, 1.54) is 17.8 Å². The van der Waals surface area contributed by atoms with E-state index in [4.69, 9.17) is 4.74 Å². The lowest BCUT2D eigenvalue weighted by atomic mass is 10.2. The Kier molecular flexibility index (Phi) is 5.34. The molecule has 0 radical (unpaired) electrons. The molecule has 0 unspecified atom stereocenters. The number of ether oxygens (including phenoxy) is 1. The van der Waals surface area contributed by atoms with Crippen LogP contribution in [0.5, 0.6) is 5.75 Å². The molecule has 2 aromatic heterocycles. The molecule has 130 valence electrons. The first-order chi connectivity index (χ1) is 12.1. The van der Waals surface area contributed by atoms with Gasteiger partial charge in [0.2, 0.25) is 0 Å². The van der Waals surface area contributed by atoms with Crippen LogP contribution in [0.3, 0.4) is 0 Å². The van der Waals surface area contributed by atoms with Crippen molar-refractivity contribution in [3.63, 3.8) is 0 Å². The fraction of sp³-hybridized carbons (Fsp3) is 0.250. The van der Waals surface area contributed by atoms with Crippen molar-refractivity contribution >= 4 is 28.8 Å². The van der Waals surface area contributed by atoms with Gasteiger partial charge in [-0.2, -0.15) is 0 Å². The topological polar surface area (TPSA) is 83.1 Å². The minimum atomic E-state index is -0.406. The molecule has 25 heavy (non-hydrogen) atoms. The number of thioether (sulfide) groups is 1. The third kappa shape index (κ3) is 3.67. The Hall–Kier alpha value is -2.39. The highest BCUT2D eigenvalue weighted by Crippen LogP contribution is 2.32. The fourth-order valence-electron chi connectivity index (χ4n) is 2.40. The fourth-order valence-corrected chi connectivity index (χ4v) is 4.10. The largest absolute Gasteiger partial charge is 0.496 e. The molecular formula is C16H16N4O3S2. The van der Waals surface area contributed by atoms with Crippen molar-refractivity contribution in [2.75, 3.05) is 7.11 Å². The highest BCUT2D eigenvalue weighted by Gasteiger charge is 2.16. The van der Waals surface area contributed by atoms with Crippen LogP contribution in [0, 0.1) is 10.1 Å². The summed E-state index contributed by atoms with van der Waals surface area (Å²) in [4.78, 5) is 11.7. The maximum absolute atomic E-state index is 11.0. The summed E-state index contributed by atoms with van der Waals surface area (Å²) in [7, 11) is 1.55. The second-order valence-electron chi connectivity index (χ2n) is 5.07. The summed E-state index contributed by atoms with van der Waals surface area (Å²) >= 11 is 3.10. The number of methoxy groups -OCH3 is 1. The van der Waals surface area contributed by atoms with Gasteiger partial charge in [-0.15, -0.1) is 21.5 Å². The van der Waals surface area contributed by atoms with Gasteiger partial charge < -0.3 is 9.30 Å². The van der Waals surface area contributed by atoms with Crippen LogP contribution in [-0.4, -0.2) is 26.8 Å². The summed E-state index contributed by atoms with van der Waals surface area (Å²) < 4.78 is 7.35. The molecule has 0 amide bonds. The highest BCUT2D eigenvalue weighted by atomic mass is 32.2. The van der Waals surface area contributed by atoms with Crippen molar-refractivity contribution in [1.82, 2.24) is 14.8 Å². The third-order valence-electron chi connectivity index (χ3n) is 3.61. The predicted octanol–water partition coefficient (Wildman–Crippen LogP) is 4.24. The second-order valence-corrected chi connectivity index (χ2v) is 6.96. The number of non-ortho nitro benzene ring substituents is 1. The van der Waals surface area contributed by atoms with Gasteiger partial charge in [0.25, 0.3) is 5.69 Å². The molecule has 0 bridgehead atoms. The Morgan fingerprint density at radius 1 is 1.36 bits per heavy atom. The lowest BCUT2D eigenvalue weighted by molar-refractivity contribution is -0.384. The van der Waals surface area contributed by atoms with Crippen molar-refractivity contribution in [3.05, 3.63) is 51.4 Å². The molecule has 1 aromatic carbocycles. The van der Waals surface area contributed by atoms with E-state index in [1.54, 1.807) is 30.6 Å². The third-order valence-corrected chi connectivity index (χ3v) is 5.49. The first kappa shape index (κ1) is 17.4. The minimum Gasteiger partial charge on any atom is -0.496 e. The van der Waals surface area contributed by atoms with Crippen LogP contribution in [0.25, 0.3) is 10.7 Å². The second kappa shape index (κ2) is 7.66. The number of aromatic nitrogens is 3. The van der Waals surface area contributed by atoms with Gasteiger partial charge in [0.1, 0.15) is 5.75 Å². The number of rotatable bonds is 7. The zero-order chi connectivity index (χ0) is 17.8. The molecule has 0 aliphatic rings. The van der Waals surface area contributed by atoms with E-state index in [1.807, 2.05) is 29.0 Å². The smallest absolute Gasteiger partial charge is 0.270 e. The molecule has 0 N–H and O–H groups in total. The highest BCUT2D eigenvalue weighted by molar-refractivity contribution is 7.98. The van der Waals surface area contributed by atoms with Crippen LogP contribution in [0.2, 0.25) is 0 Å². The summed E-state index contributed by atoms with van der Waals surface area (Å²) in [6, 6.07) is 8.60. The Balaban J connectivity index is 1.85. The number of hydrogen-bond acceptors (Lipinski definition) is 7. The minimum absolute atomic E-state index is 0.0487. The summed E-state index contributed by atoms with van der Waals surface area (Å²) in [5, 5.41) is 22.3. The maximum Gasteiger partial charge on any atom is 0.270 e. The first-order valence-corrected chi connectivity index (χ1v) is 9.41. The van der Waals surface area contributed by atoms with E-state index in [2.05, 4.69) is 10.2 Å². The number of hydrogen-bond donors (Lipinski definition) is 0. The van der Waals surface area contributed by atoms with Gasteiger partial charge in [-0.05, 0) is 24.4 Å². The SMILES string of the molecule is CCn1c(SCc2cc([N+](=O)[O-])ccc2OC)nnc1-c1cccs1. The van der Waals surface area contributed by atoms with Crippen molar-refractivity contribution in [2.45, 2.75) is 24.4 Å². The van der Waals surface area contributed by atoms with Crippen molar-refractivity contribution in [2.24, 2.45) is 0 Å². The summed E-state index contributed by atoms with van der Waals surface area (Å²) in [5.41, 5.74) is 0.803. The Bertz CT molecular complexity index is 878. The number of nitro benzene ring substituents is 1. The van der Waals surface area contributed by atoms with Gasteiger partial charge in [-0.3, -0.25) is 10.1 Å². The molecule has 0 fully saturated rings. The number of nitro groups is 1. The zero-order valence-corrected chi connectivity index (χ0v) is 15.3. The van der Waals surface area contributed by atoms with Crippen molar-refractivity contribution in [1.29, 1.82) is 0 Å². The Morgan fingerprint density at radius 3 is 2.84 bits per heavy atom. The number of thiophene rings is 1. The number of benzene rings is 1. The molecule has 9 heteroatoms. The molecule has 0 spiro atoms. The summed E-state index contributed by atoms with van der Waals surface area (Å²) in [5.74, 6) is 1.97. The van der Waals surface area contributed by atoms with E-state index in [-0.39, 0.29) is 5.69 Å². The lowest BCUT2D eigenvalue weighted by Gasteiger charge is -2.09. The molecule has 2 heterocycles. The molecule has 3 rings (SSSR count). The molecule has 3 aromatic rings. The van der Waals surface area contributed by atoms with Crippen LogP contribution >= 0.6 is 23.1 Å². The van der Waals surface area contributed by atoms with Gasteiger partial charge in [0.05, 0.1) is 16.9 Å². The number of nitrogens with zero attached hydrogens (tertiary/aromatic N) is 4. The normalized spacial score (nSPS) is 10.8. The molecule has 0 saturated heterocycles. The van der Waals surface area contributed by atoms with Crippen LogP contribution in [0.1, 0.15) is 12.5 Å². The molecule has 7 nitrogen and oxygen atoms in total. The van der Waals surface area contributed by atoms with Crippen molar-refractivity contribution in [3.8, 4) is 16.5 Å². The molecule has 0 atom stereocenters. The lowest BCUT2D eigenvalue weighted by Crippen LogP contribution is -1.99. The van der Waals surface area contributed by atoms with E-state index in [0.717, 1.165) is 28.0 Å². The van der Waals surface area contributed by atoms with Gasteiger partial charge >= 0.3 is 0 Å². The Labute approximate surface area is 152 Å². The van der Waals surface area contributed by atoms with Gasteiger partial charge in [0, 0.05) is 30.0 Å². The van der Waals surface area contributed by atoms with Crippen LogP contribution in [-0.2, 0) is 12.3 Å². The average molecular weight is 376 g/mol. The van der Waals surface area contributed by atoms with E-state index >= 15 is 0 Å². The molecule has 0 aliphatic heterocycles. The maximum atomic E-state index is 11.0. The average Bonchev–Trinajstić information content (AvgIpc) is 3.28. The van der Waals surface area contributed by atoms with E-state index < -0.39 is 4.92 Å². The standard InChI is InChI=1S/C16H16N4O3S2/c1-3-19-15(14-5-4-8-24-14)17-18-16(19)25-10-11-9-12(20(21)22)6-7-13(11)23-2/h4-9H,3,10H2,1-2H3. The summed E-state index contributed by atoms with van der Waals surface area (Å²) in [6.07, 6.45) is 0. The Morgan fingerprint density at radius 2 is 2.20 bits per heavy atom. The van der Waals surface area contributed by atoms with Crippen LogP contribution in [0.4, 0.5) is 5.69 Å². The zero-order valence-electron chi connectivity index (χ0n) is 13.7. The van der Waals surface area contributed by atoms with Gasteiger partial charge in [-0.1, -0.05) is 17.8 Å². The quantitative estimate of drug-likeness (QED) is 0.348. The van der Waals surface area contributed by atoms with Gasteiger partial charge in [-0.25, -0.2) is 0 Å². The van der Waals surface area contributed by atoms with E-state index in [0.29, 0.717) is 11.5 Å². The molecular weight excluding hydrogens is 360 g/mol. The molecule has 0 aliphatic carbocycles. The van der Waals surface area contributed by atoms with Crippen molar-refractivity contribution < 1.29 is 9.66 Å². The molecule has 0 saturated carbocycles. The van der Waals surface area contributed by atoms with Gasteiger partial charge in [0.15, 0.2) is 11.0 Å². The van der Waals surface area contributed by atoms with Crippen LogP contribution < -0.4 is 4.74 Å². The first-order valence-electron chi connectivity index (χ1n) is 7.55. The summed E-state index contributed by atoms with van der Waals surface area (Å²) in [6.45, 7) is 2.78.